The second-order valence-corrected chi connectivity index (χ2v) is 9.59. The van der Waals surface area contributed by atoms with E-state index in [4.69, 9.17) is 9.47 Å². The van der Waals surface area contributed by atoms with E-state index in [-0.39, 0.29) is 18.9 Å². The number of rotatable bonds is 9. The molecule has 4 aromatic rings. The van der Waals surface area contributed by atoms with Crippen molar-refractivity contribution in [2.45, 2.75) is 24.4 Å². The van der Waals surface area contributed by atoms with Gasteiger partial charge in [0, 0.05) is 12.3 Å². The molecule has 2 atom stereocenters. The Morgan fingerprint density at radius 1 is 0.725 bits per heavy atom. The molecule has 2 amide bonds. The van der Waals surface area contributed by atoms with Crippen LogP contribution < -0.4 is 10.6 Å². The van der Waals surface area contributed by atoms with Crippen LogP contribution in [0.2, 0.25) is 0 Å². The molecule has 0 radical (unpaired) electrons. The Kier molecular flexibility index (Phi) is 8.21. The molecule has 0 saturated carbocycles. The van der Waals surface area contributed by atoms with Gasteiger partial charge in [0.1, 0.15) is 18.7 Å². The lowest BCUT2D eigenvalue weighted by atomic mass is 9.98. The number of alkyl carbamates (subject to hydrolysis) is 1. The number of esters is 1. The second kappa shape index (κ2) is 12.3. The van der Waals surface area contributed by atoms with Crippen molar-refractivity contribution in [3.63, 3.8) is 0 Å². The van der Waals surface area contributed by atoms with Gasteiger partial charge in [0.2, 0.25) is 5.91 Å². The lowest BCUT2D eigenvalue weighted by Gasteiger charge is -2.23. The largest absolute Gasteiger partial charge is 0.467 e. The molecule has 4 aromatic carbocycles. The first-order valence-electron chi connectivity index (χ1n) is 13.1. The molecule has 0 fully saturated rings. The molecule has 0 spiro atoms. The van der Waals surface area contributed by atoms with Crippen LogP contribution in [0.15, 0.2) is 109 Å². The standard InChI is InChI=1S/C33H30N2O5/c1-39-32(37)29(20-22-12-4-2-5-13-22)34-31(36)30(23-14-6-3-7-15-23)35-33(38)40-21-28-26-18-10-8-16-24(26)25-17-9-11-19-27(25)28/h2-19,28-30H,20-21H2,1H3,(H,34,36)(H,35,38)/t29-,30-/m0/s1. The molecule has 1 aliphatic carbocycles. The third kappa shape index (κ3) is 5.89. The van der Waals surface area contributed by atoms with E-state index in [0.717, 1.165) is 27.8 Å². The van der Waals surface area contributed by atoms with E-state index < -0.39 is 30.1 Å². The molecule has 0 heterocycles. The molecule has 0 aromatic heterocycles. The monoisotopic (exact) mass is 534 g/mol. The maximum Gasteiger partial charge on any atom is 0.408 e. The van der Waals surface area contributed by atoms with Gasteiger partial charge in [0.25, 0.3) is 0 Å². The van der Waals surface area contributed by atoms with Crippen molar-refractivity contribution in [3.8, 4) is 11.1 Å². The Morgan fingerprint density at radius 3 is 1.88 bits per heavy atom. The quantitative estimate of drug-likeness (QED) is 0.289. The maximum absolute atomic E-state index is 13.5. The zero-order valence-corrected chi connectivity index (χ0v) is 22.1. The van der Waals surface area contributed by atoms with Crippen LogP contribution in [0.3, 0.4) is 0 Å². The Labute approximate surface area is 233 Å². The van der Waals surface area contributed by atoms with Gasteiger partial charge < -0.3 is 20.1 Å². The summed E-state index contributed by atoms with van der Waals surface area (Å²) in [7, 11) is 1.27. The van der Waals surface area contributed by atoms with Gasteiger partial charge in [0.15, 0.2) is 0 Å². The maximum atomic E-state index is 13.5. The topological polar surface area (TPSA) is 93.7 Å². The highest BCUT2D eigenvalue weighted by Crippen LogP contribution is 2.44. The Hall–Kier alpha value is -4.91. The summed E-state index contributed by atoms with van der Waals surface area (Å²) < 4.78 is 10.6. The van der Waals surface area contributed by atoms with Crippen LogP contribution in [-0.4, -0.2) is 37.7 Å². The van der Waals surface area contributed by atoms with Crippen LogP contribution in [0.5, 0.6) is 0 Å². The van der Waals surface area contributed by atoms with Crippen LogP contribution in [0.1, 0.15) is 34.2 Å². The lowest BCUT2D eigenvalue weighted by molar-refractivity contribution is -0.145. The number of fused-ring (bicyclic) bond motifs is 3. The molecule has 2 N–H and O–H groups in total. The highest BCUT2D eigenvalue weighted by molar-refractivity contribution is 5.90. The van der Waals surface area contributed by atoms with Crippen molar-refractivity contribution in [3.05, 3.63) is 131 Å². The van der Waals surface area contributed by atoms with E-state index >= 15 is 0 Å². The number of carbonyl (C=O) groups excluding carboxylic acids is 3. The van der Waals surface area contributed by atoms with Crippen LogP contribution in [-0.2, 0) is 25.5 Å². The van der Waals surface area contributed by atoms with Crippen molar-refractivity contribution >= 4 is 18.0 Å². The number of nitrogens with one attached hydrogen (secondary N) is 2. The summed E-state index contributed by atoms with van der Waals surface area (Å²) >= 11 is 0. The van der Waals surface area contributed by atoms with Crippen LogP contribution >= 0.6 is 0 Å². The molecule has 0 unspecified atom stereocenters. The normalized spacial score (nSPS) is 13.3. The number of amides is 2. The van der Waals surface area contributed by atoms with Gasteiger partial charge in [0.05, 0.1) is 7.11 Å². The zero-order chi connectivity index (χ0) is 27.9. The molecular weight excluding hydrogens is 504 g/mol. The summed E-state index contributed by atoms with van der Waals surface area (Å²) in [4.78, 5) is 39.1. The van der Waals surface area contributed by atoms with Gasteiger partial charge in [-0.3, -0.25) is 4.79 Å². The second-order valence-electron chi connectivity index (χ2n) is 9.59. The SMILES string of the molecule is COC(=O)[C@H](Cc1ccccc1)NC(=O)[C@@H](NC(=O)OCC1c2ccccc2-c2ccccc21)c1ccccc1. The minimum absolute atomic E-state index is 0.113. The van der Waals surface area contributed by atoms with Crippen molar-refractivity contribution in [1.82, 2.24) is 10.6 Å². The smallest absolute Gasteiger partial charge is 0.408 e. The zero-order valence-electron chi connectivity index (χ0n) is 22.1. The van der Waals surface area contributed by atoms with Crippen LogP contribution in [0.25, 0.3) is 11.1 Å². The average molecular weight is 535 g/mol. The molecule has 5 rings (SSSR count). The summed E-state index contributed by atoms with van der Waals surface area (Å²) in [5.41, 5.74) is 5.85. The van der Waals surface area contributed by atoms with Crippen molar-refractivity contribution in [2.75, 3.05) is 13.7 Å². The van der Waals surface area contributed by atoms with Gasteiger partial charge in [-0.25, -0.2) is 9.59 Å². The number of benzene rings is 4. The van der Waals surface area contributed by atoms with Gasteiger partial charge >= 0.3 is 12.1 Å². The summed E-state index contributed by atoms with van der Waals surface area (Å²) in [5.74, 6) is -1.24. The summed E-state index contributed by atoms with van der Waals surface area (Å²) in [6, 6.07) is 32.3. The third-order valence-corrected chi connectivity index (χ3v) is 7.09. The highest BCUT2D eigenvalue weighted by atomic mass is 16.5. The fraction of sp³-hybridized carbons (Fsp3) is 0.182. The van der Waals surface area contributed by atoms with Gasteiger partial charge in [-0.2, -0.15) is 0 Å². The fourth-order valence-corrected chi connectivity index (χ4v) is 5.14. The molecule has 0 saturated heterocycles. The van der Waals surface area contributed by atoms with E-state index in [1.807, 2.05) is 72.8 Å². The van der Waals surface area contributed by atoms with E-state index in [9.17, 15) is 14.4 Å². The predicted octanol–water partition coefficient (Wildman–Crippen LogP) is 5.17. The Balaban J connectivity index is 1.31. The van der Waals surface area contributed by atoms with E-state index in [0.29, 0.717) is 5.56 Å². The molecule has 0 bridgehead atoms. The molecule has 40 heavy (non-hydrogen) atoms. The van der Waals surface area contributed by atoms with Gasteiger partial charge in [-0.15, -0.1) is 0 Å². The number of hydrogen-bond acceptors (Lipinski definition) is 5. The van der Waals surface area contributed by atoms with Crippen molar-refractivity contribution < 1.29 is 23.9 Å². The Bertz CT molecular complexity index is 1440. The number of hydrogen-bond donors (Lipinski definition) is 2. The molecule has 0 aliphatic heterocycles. The van der Waals surface area contributed by atoms with Crippen LogP contribution in [0, 0.1) is 0 Å². The minimum atomic E-state index is -1.08. The predicted molar refractivity (Wildman–Crippen MR) is 151 cm³/mol. The number of ether oxygens (including phenoxy) is 2. The minimum Gasteiger partial charge on any atom is -0.467 e. The highest BCUT2D eigenvalue weighted by Gasteiger charge is 2.31. The fourth-order valence-electron chi connectivity index (χ4n) is 5.14. The van der Waals surface area contributed by atoms with Crippen molar-refractivity contribution in [2.24, 2.45) is 0 Å². The first kappa shape index (κ1) is 26.7. The lowest BCUT2D eigenvalue weighted by Crippen LogP contribution is -2.48. The first-order valence-corrected chi connectivity index (χ1v) is 13.1. The average Bonchev–Trinajstić information content (AvgIpc) is 3.32. The Morgan fingerprint density at radius 2 is 1.27 bits per heavy atom. The molecule has 7 nitrogen and oxygen atoms in total. The van der Waals surface area contributed by atoms with E-state index in [2.05, 4.69) is 22.8 Å². The molecule has 1 aliphatic rings. The summed E-state index contributed by atoms with van der Waals surface area (Å²) in [6.45, 7) is 0.113. The molecular formula is C33H30N2O5. The van der Waals surface area contributed by atoms with E-state index in [1.54, 1.807) is 24.3 Å². The summed E-state index contributed by atoms with van der Waals surface area (Å²) in [6.07, 6.45) is -0.491. The van der Waals surface area contributed by atoms with Crippen molar-refractivity contribution in [1.29, 1.82) is 0 Å². The third-order valence-electron chi connectivity index (χ3n) is 7.09. The van der Waals surface area contributed by atoms with Gasteiger partial charge in [-0.05, 0) is 33.4 Å². The van der Waals surface area contributed by atoms with Gasteiger partial charge in [-0.1, -0.05) is 109 Å². The number of methoxy groups -OCH3 is 1. The van der Waals surface area contributed by atoms with Crippen LogP contribution in [0.4, 0.5) is 4.79 Å². The number of carbonyl (C=O) groups is 3. The summed E-state index contributed by atoms with van der Waals surface area (Å²) in [5, 5.41) is 5.47. The van der Waals surface area contributed by atoms with E-state index in [1.165, 1.54) is 7.11 Å². The molecule has 202 valence electrons. The molecule has 7 heteroatoms. The first-order chi connectivity index (χ1) is 19.5.